The maximum absolute atomic E-state index is 4.10. The van der Waals surface area contributed by atoms with E-state index in [0.29, 0.717) is 0 Å². The summed E-state index contributed by atoms with van der Waals surface area (Å²) in [6, 6.07) is 8.84. The van der Waals surface area contributed by atoms with Crippen LogP contribution >= 0.6 is 0 Å². The van der Waals surface area contributed by atoms with Gasteiger partial charge in [-0.05, 0) is 35.1 Å². The first kappa shape index (κ1) is 22.4. The van der Waals surface area contributed by atoms with Gasteiger partial charge in [-0.3, -0.25) is 0 Å². The van der Waals surface area contributed by atoms with Crippen molar-refractivity contribution in [3.8, 4) is 0 Å². The summed E-state index contributed by atoms with van der Waals surface area (Å²) >= 11 is 0. The fourth-order valence-corrected chi connectivity index (χ4v) is 3.78. The molecule has 2 rings (SSSR count). The summed E-state index contributed by atoms with van der Waals surface area (Å²) in [5.41, 5.74) is 5.69. The first-order valence-corrected chi connectivity index (χ1v) is 9.84. The molecule has 1 unspecified atom stereocenters. The van der Waals surface area contributed by atoms with Crippen LogP contribution in [0.2, 0.25) is 0 Å². The van der Waals surface area contributed by atoms with E-state index in [1.165, 1.54) is 54.4 Å². The molecule has 0 N–H and O–H groups in total. The van der Waals surface area contributed by atoms with Crippen molar-refractivity contribution in [3.63, 3.8) is 0 Å². The number of unbranched alkanes of at least 4 members (excludes halogenated alkanes) is 1. The zero-order chi connectivity index (χ0) is 18.6. The molecule has 0 spiro atoms. The quantitative estimate of drug-likeness (QED) is 0.474. The fourth-order valence-electron chi connectivity index (χ4n) is 3.78. The molecule has 0 nitrogen and oxygen atoms in total. The Morgan fingerprint density at radius 1 is 0.875 bits per heavy atom. The highest BCUT2D eigenvalue weighted by atomic mass is 14.4. The van der Waals surface area contributed by atoms with Gasteiger partial charge in [0, 0.05) is 5.41 Å². The van der Waals surface area contributed by atoms with E-state index in [9.17, 15) is 0 Å². The largest absolute Gasteiger partial charge is 0.0987 e. The van der Waals surface area contributed by atoms with E-state index >= 15 is 0 Å². The number of benzene rings is 1. The maximum atomic E-state index is 4.10. The molecule has 1 aromatic carbocycles. The van der Waals surface area contributed by atoms with Gasteiger partial charge in [0.05, 0.1) is 0 Å². The van der Waals surface area contributed by atoms with E-state index in [-0.39, 0.29) is 5.41 Å². The molecule has 1 aromatic rings. The average molecular weight is 327 g/mol. The van der Waals surface area contributed by atoms with Gasteiger partial charge in [-0.25, -0.2) is 0 Å². The molecule has 0 saturated heterocycles. The molecule has 1 atom stereocenters. The highest BCUT2D eigenvalue weighted by Crippen LogP contribution is 2.52. The first-order chi connectivity index (χ1) is 11.7. The SMILES string of the molecule is C=CC1=C(C=C)C(CCC)(CCCC)c2ccccc21.CC.CC. The molecule has 0 radical (unpaired) electrons. The van der Waals surface area contributed by atoms with Gasteiger partial charge in [-0.15, -0.1) is 0 Å². The molecule has 0 amide bonds. The zero-order valence-corrected chi connectivity index (χ0v) is 16.9. The van der Waals surface area contributed by atoms with Gasteiger partial charge in [0.1, 0.15) is 0 Å². The van der Waals surface area contributed by atoms with Gasteiger partial charge in [-0.2, -0.15) is 0 Å². The molecule has 0 saturated carbocycles. The van der Waals surface area contributed by atoms with E-state index < -0.39 is 0 Å². The Bertz CT molecular complexity index is 533. The number of rotatable bonds is 7. The molecule has 24 heavy (non-hydrogen) atoms. The summed E-state index contributed by atoms with van der Waals surface area (Å²) in [6.07, 6.45) is 10.2. The predicted octanol–water partition coefficient (Wildman–Crippen LogP) is 8.11. The lowest BCUT2D eigenvalue weighted by molar-refractivity contribution is 0.421. The Morgan fingerprint density at radius 2 is 1.50 bits per heavy atom. The lowest BCUT2D eigenvalue weighted by Gasteiger charge is -2.33. The van der Waals surface area contributed by atoms with Gasteiger partial charge in [-0.1, -0.05) is 110 Å². The van der Waals surface area contributed by atoms with Crippen molar-refractivity contribution < 1.29 is 0 Å². The van der Waals surface area contributed by atoms with Gasteiger partial charge in [0.2, 0.25) is 0 Å². The Balaban J connectivity index is 0.00000123. The molecule has 134 valence electrons. The second-order valence-electron chi connectivity index (χ2n) is 5.72. The van der Waals surface area contributed by atoms with Crippen LogP contribution in [0.15, 0.2) is 55.1 Å². The third-order valence-electron chi connectivity index (χ3n) is 4.58. The summed E-state index contributed by atoms with van der Waals surface area (Å²) in [5, 5.41) is 0. The minimum atomic E-state index is 0.159. The van der Waals surface area contributed by atoms with E-state index in [4.69, 9.17) is 0 Å². The van der Waals surface area contributed by atoms with Gasteiger partial charge < -0.3 is 0 Å². The molecule has 1 aliphatic carbocycles. The Labute approximate surface area is 151 Å². The van der Waals surface area contributed by atoms with E-state index in [1.807, 2.05) is 33.8 Å². The van der Waals surface area contributed by atoms with E-state index in [2.05, 4.69) is 57.3 Å². The molecule has 0 aromatic heterocycles. The van der Waals surface area contributed by atoms with Crippen LogP contribution < -0.4 is 0 Å². The molecular weight excluding hydrogens is 288 g/mol. The highest BCUT2D eigenvalue weighted by Gasteiger charge is 2.41. The van der Waals surface area contributed by atoms with Crippen LogP contribution in [0, 0.1) is 0 Å². The second-order valence-corrected chi connectivity index (χ2v) is 5.72. The van der Waals surface area contributed by atoms with Crippen LogP contribution in [0.5, 0.6) is 0 Å². The third-order valence-corrected chi connectivity index (χ3v) is 4.58. The first-order valence-electron chi connectivity index (χ1n) is 9.84. The maximum Gasteiger partial charge on any atom is 0.0214 e. The molecule has 0 bridgehead atoms. The predicted molar refractivity (Wildman–Crippen MR) is 113 cm³/mol. The minimum absolute atomic E-state index is 0.159. The monoisotopic (exact) mass is 326 g/mol. The lowest BCUT2D eigenvalue weighted by atomic mass is 9.70. The summed E-state index contributed by atoms with van der Waals surface area (Å²) in [6.45, 7) is 20.7. The lowest BCUT2D eigenvalue weighted by Crippen LogP contribution is -2.26. The van der Waals surface area contributed by atoms with E-state index in [0.717, 1.165) is 0 Å². The van der Waals surface area contributed by atoms with Gasteiger partial charge in [0.25, 0.3) is 0 Å². The summed E-state index contributed by atoms with van der Waals surface area (Å²) in [5.74, 6) is 0. The normalized spacial score (nSPS) is 17.9. The Morgan fingerprint density at radius 3 is 2.00 bits per heavy atom. The van der Waals surface area contributed by atoms with Crippen LogP contribution in [0.3, 0.4) is 0 Å². The summed E-state index contributed by atoms with van der Waals surface area (Å²) < 4.78 is 0. The van der Waals surface area contributed by atoms with Crippen molar-refractivity contribution in [1.29, 1.82) is 0 Å². The van der Waals surface area contributed by atoms with Crippen LogP contribution in [-0.2, 0) is 5.41 Å². The minimum Gasteiger partial charge on any atom is -0.0987 e. The van der Waals surface area contributed by atoms with Crippen LogP contribution in [-0.4, -0.2) is 0 Å². The summed E-state index contributed by atoms with van der Waals surface area (Å²) in [7, 11) is 0. The molecular formula is C24H38. The zero-order valence-electron chi connectivity index (χ0n) is 16.9. The fraction of sp³-hybridized carbons (Fsp3) is 0.500. The molecule has 0 heteroatoms. The number of fused-ring (bicyclic) bond motifs is 1. The smallest absolute Gasteiger partial charge is 0.0214 e. The number of allylic oxidation sites excluding steroid dienone is 4. The van der Waals surface area contributed by atoms with Crippen molar-refractivity contribution in [3.05, 3.63) is 66.3 Å². The molecule has 1 aliphatic rings. The second kappa shape index (κ2) is 11.9. The van der Waals surface area contributed by atoms with Gasteiger partial charge in [0.15, 0.2) is 0 Å². The topological polar surface area (TPSA) is 0 Å². The Hall–Kier alpha value is -1.56. The van der Waals surface area contributed by atoms with Crippen molar-refractivity contribution >= 4 is 5.57 Å². The summed E-state index contributed by atoms with van der Waals surface area (Å²) in [4.78, 5) is 0. The van der Waals surface area contributed by atoms with Crippen LogP contribution in [0.25, 0.3) is 5.57 Å². The molecule has 0 heterocycles. The number of hydrogen-bond acceptors (Lipinski definition) is 0. The van der Waals surface area contributed by atoms with E-state index in [1.54, 1.807) is 0 Å². The van der Waals surface area contributed by atoms with Crippen LogP contribution in [0.4, 0.5) is 0 Å². The van der Waals surface area contributed by atoms with Crippen molar-refractivity contribution in [2.45, 2.75) is 79.1 Å². The van der Waals surface area contributed by atoms with Crippen molar-refractivity contribution in [1.82, 2.24) is 0 Å². The Kier molecular flexibility index (Phi) is 11.1. The molecule has 0 fully saturated rings. The number of hydrogen-bond donors (Lipinski definition) is 0. The van der Waals surface area contributed by atoms with Gasteiger partial charge >= 0.3 is 0 Å². The standard InChI is InChI=1S/C20H26.2C2H6/c1-5-9-15-20(14-6-2)18(8-4)16(7-3)17-12-10-11-13-19(17)20;2*1-2/h7-8,10-13H,3-6,9,14-15H2,1-2H3;2*1-2H3. The van der Waals surface area contributed by atoms with Crippen LogP contribution in [0.1, 0.15) is 84.8 Å². The highest BCUT2D eigenvalue weighted by molar-refractivity contribution is 5.87. The van der Waals surface area contributed by atoms with Crippen molar-refractivity contribution in [2.75, 3.05) is 0 Å². The molecule has 0 aliphatic heterocycles. The third kappa shape index (κ3) is 4.29. The van der Waals surface area contributed by atoms with Crippen molar-refractivity contribution in [2.24, 2.45) is 0 Å². The average Bonchev–Trinajstić information content (AvgIpc) is 2.93.